The number of alkyl carbamates (subject to hydrolysis) is 1. The van der Waals surface area contributed by atoms with Gasteiger partial charge in [0.1, 0.15) is 5.60 Å². The molecule has 0 aliphatic heterocycles. The number of carbonyl (C=O) groups is 1. The summed E-state index contributed by atoms with van der Waals surface area (Å²) in [6.45, 7) is 7.76. The first-order chi connectivity index (χ1) is 8.92. The molecule has 3 heteroatoms. The second-order valence-corrected chi connectivity index (χ2v) is 5.75. The molecule has 1 atom stereocenters. The Hall–Kier alpha value is -1.51. The van der Waals surface area contributed by atoms with Gasteiger partial charge < -0.3 is 10.1 Å². The normalized spacial score (nSPS) is 12.8. The van der Waals surface area contributed by atoms with Crippen LogP contribution in [0.4, 0.5) is 4.79 Å². The van der Waals surface area contributed by atoms with E-state index in [2.05, 4.69) is 12.2 Å². The topological polar surface area (TPSA) is 38.3 Å². The number of carbonyl (C=O) groups excluding carboxylic acids is 1. The van der Waals surface area contributed by atoms with Gasteiger partial charge in [0.05, 0.1) is 6.04 Å². The summed E-state index contributed by atoms with van der Waals surface area (Å²) in [4.78, 5) is 11.9. The predicted molar refractivity (Wildman–Crippen MR) is 78.1 cm³/mol. The molecule has 0 saturated heterocycles. The molecular formula is C16H25NO2. The predicted octanol–water partition coefficient (Wildman–Crippen LogP) is 4.44. The summed E-state index contributed by atoms with van der Waals surface area (Å²) in [5, 5.41) is 2.96. The summed E-state index contributed by atoms with van der Waals surface area (Å²) in [7, 11) is 0. The van der Waals surface area contributed by atoms with Gasteiger partial charge in [0.15, 0.2) is 0 Å². The van der Waals surface area contributed by atoms with Gasteiger partial charge in [-0.1, -0.05) is 50.1 Å². The van der Waals surface area contributed by atoms with Crippen molar-refractivity contribution in [1.82, 2.24) is 5.32 Å². The minimum Gasteiger partial charge on any atom is -0.444 e. The van der Waals surface area contributed by atoms with Gasteiger partial charge in [0, 0.05) is 0 Å². The highest BCUT2D eigenvalue weighted by molar-refractivity contribution is 5.68. The Morgan fingerprint density at radius 3 is 2.42 bits per heavy atom. The molecule has 1 rings (SSSR count). The lowest BCUT2D eigenvalue weighted by atomic mass is 10.0. The molecule has 0 aliphatic rings. The summed E-state index contributed by atoms with van der Waals surface area (Å²) >= 11 is 0. The van der Waals surface area contributed by atoms with E-state index in [4.69, 9.17) is 4.74 Å². The molecule has 1 aromatic carbocycles. The Balaban J connectivity index is 2.67. The van der Waals surface area contributed by atoms with Gasteiger partial charge in [-0.05, 0) is 32.8 Å². The second kappa shape index (κ2) is 7.17. The summed E-state index contributed by atoms with van der Waals surface area (Å²) in [6, 6.07) is 10.1. The molecule has 0 saturated carbocycles. The fraction of sp³-hybridized carbons (Fsp3) is 0.562. The zero-order chi connectivity index (χ0) is 14.3. The van der Waals surface area contributed by atoms with Gasteiger partial charge in [-0.2, -0.15) is 0 Å². The lowest BCUT2D eigenvalue weighted by molar-refractivity contribution is 0.0500. The van der Waals surface area contributed by atoms with E-state index in [1.165, 1.54) is 0 Å². The lowest BCUT2D eigenvalue weighted by Crippen LogP contribution is -2.35. The summed E-state index contributed by atoms with van der Waals surface area (Å²) in [5.41, 5.74) is 0.664. The van der Waals surface area contributed by atoms with Gasteiger partial charge in [0.25, 0.3) is 0 Å². The highest BCUT2D eigenvalue weighted by atomic mass is 16.6. The van der Waals surface area contributed by atoms with E-state index in [1.807, 2.05) is 51.1 Å². The van der Waals surface area contributed by atoms with Gasteiger partial charge in [-0.25, -0.2) is 4.79 Å². The standard InChI is InChI=1S/C16H25NO2/c1-5-6-12-14(13-10-8-7-9-11-13)17-15(18)19-16(2,3)4/h7-11,14H,5-6,12H2,1-4H3,(H,17,18). The summed E-state index contributed by atoms with van der Waals surface area (Å²) in [5.74, 6) is 0. The van der Waals surface area contributed by atoms with Crippen molar-refractivity contribution in [2.45, 2.75) is 58.6 Å². The molecule has 1 aromatic rings. The molecule has 19 heavy (non-hydrogen) atoms. The van der Waals surface area contributed by atoms with Crippen LogP contribution in [-0.4, -0.2) is 11.7 Å². The molecule has 1 N–H and O–H groups in total. The molecule has 0 radical (unpaired) electrons. The zero-order valence-electron chi connectivity index (χ0n) is 12.4. The second-order valence-electron chi connectivity index (χ2n) is 5.75. The summed E-state index contributed by atoms with van der Waals surface area (Å²) < 4.78 is 5.32. The molecular weight excluding hydrogens is 238 g/mol. The van der Waals surface area contributed by atoms with Crippen LogP contribution in [0, 0.1) is 0 Å². The Morgan fingerprint density at radius 2 is 1.89 bits per heavy atom. The molecule has 0 aliphatic carbocycles. The average Bonchev–Trinajstić information content (AvgIpc) is 2.33. The van der Waals surface area contributed by atoms with E-state index < -0.39 is 5.60 Å². The number of hydrogen-bond acceptors (Lipinski definition) is 2. The van der Waals surface area contributed by atoms with E-state index in [9.17, 15) is 4.79 Å². The third kappa shape index (κ3) is 6.27. The van der Waals surface area contributed by atoms with Crippen molar-refractivity contribution in [3.8, 4) is 0 Å². The Bertz CT molecular complexity index is 381. The van der Waals surface area contributed by atoms with Crippen molar-refractivity contribution < 1.29 is 9.53 Å². The number of amides is 1. The molecule has 0 heterocycles. The highest BCUT2D eigenvalue weighted by Gasteiger charge is 2.20. The molecule has 0 aromatic heterocycles. The van der Waals surface area contributed by atoms with Crippen LogP contribution in [0.3, 0.4) is 0 Å². The third-order valence-electron chi connectivity index (χ3n) is 2.74. The highest BCUT2D eigenvalue weighted by Crippen LogP contribution is 2.20. The van der Waals surface area contributed by atoms with E-state index in [-0.39, 0.29) is 12.1 Å². The van der Waals surface area contributed by atoms with Crippen molar-refractivity contribution in [2.24, 2.45) is 0 Å². The number of ether oxygens (including phenoxy) is 1. The van der Waals surface area contributed by atoms with E-state index >= 15 is 0 Å². The zero-order valence-corrected chi connectivity index (χ0v) is 12.4. The number of rotatable bonds is 5. The van der Waals surface area contributed by atoms with Crippen LogP contribution < -0.4 is 5.32 Å². The fourth-order valence-electron chi connectivity index (χ4n) is 1.87. The van der Waals surface area contributed by atoms with Crippen molar-refractivity contribution in [3.05, 3.63) is 35.9 Å². The van der Waals surface area contributed by atoms with Crippen molar-refractivity contribution in [2.75, 3.05) is 0 Å². The van der Waals surface area contributed by atoms with Gasteiger partial charge >= 0.3 is 6.09 Å². The van der Waals surface area contributed by atoms with E-state index in [0.717, 1.165) is 24.8 Å². The number of hydrogen-bond donors (Lipinski definition) is 1. The number of nitrogens with one attached hydrogen (secondary N) is 1. The Kier molecular flexibility index (Phi) is 5.87. The molecule has 0 fully saturated rings. The van der Waals surface area contributed by atoms with Gasteiger partial charge in [-0.3, -0.25) is 0 Å². The Labute approximate surface area is 116 Å². The first kappa shape index (κ1) is 15.5. The quantitative estimate of drug-likeness (QED) is 0.852. The lowest BCUT2D eigenvalue weighted by Gasteiger charge is -2.24. The molecule has 0 bridgehead atoms. The fourth-order valence-corrected chi connectivity index (χ4v) is 1.87. The summed E-state index contributed by atoms with van der Waals surface area (Å²) in [6.07, 6.45) is 2.77. The van der Waals surface area contributed by atoms with Crippen molar-refractivity contribution >= 4 is 6.09 Å². The van der Waals surface area contributed by atoms with Crippen LogP contribution in [-0.2, 0) is 4.74 Å². The number of unbranched alkanes of at least 4 members (excludes halogenated alkanes) is 1. The third-order valence-corrected chi connectivity index (χ3v) is 2.74. The maximum absolute atomic E-state index is 11.9. The van der Waals surface area contributed by atoms with Crippen LogP contribution >= 0.6 is 0 Å². The van der Waals surface area contributed by atoms with Crippen LogP contribution in [0.1, 0.15) is 58.6 Å². The molecule has 106 valence electrons. The van der Waals surface area contributed by atoms with Crippen molar-refractivity contribution in [3.63, 3.8) is 0 Å². The first-order valence-electron chi connectivity index (χ1n) is 6.97. The molecule has 3 nitrogen and oxygen atoms in total. The van der Waals surface area contributed by atoms with E-state index in [1.54, 1.807) is 0 Å². The van der Waals surface area contributed by atoms with E-state index in [0.29, 0.717) is 0 Å². The largest absolute Gasteiger partial charge is 0.444 e. The monoisotopic (exact) mass is 263 g/mol. The van der Waals surface area contributed by atoms with Crippen LogP contribution in [0.15, 0.2) is 30.3 Å². The van der Waals surface area contributed by atoms with Crippen LogP contribution in [0.5, 0.6) is 0 Å². The maximum atomic E-state index is 11.9. The molecule has 1 unspecified atom stereocenters. The van der Waals surface area contributed by atoms with Gasteiger partial charge in [-0.15, -0.1) is 0 Å². The smallest absolute Gasteiger partial charge is 0.408 e. The minimum absolute atomic E-state index is 0.0241. The molecule has 0 spiro atoms. The van der Waals surface area contributed by atoms with Gasteiger partial charge in [0.2, 0.25) is 0 Å². The first-order valence-corrected chi connectivity index (χ1v) is 6.97. The minimum atomic E-state index is -0.462. The van der Waals surface area contributed by atoms with Crippen molar-refractivity contribution in [1.29, 1.82) is 0 Å². The maximum Gasteiger partial charge on any atom is 0.408 e. The number of benzene rings is 1. The van der Waals surface area contributed by atoms with Crippen LogP contribution in [0.25, 0.3) is 0 Å². The SMILES string of the molecule is CCCCC(NC(=O)OC(C)(C)C)c1ccccc1. The average molecular weight is 263 g/mol. The van der Waals surface area contributed by atoms with Crippen LogP contribution in [0.2, 0.25) is 0 Å². The Morgan fingerprint density at radius 1 is 1.26 bits per heavy atom. The molecule has 1 amide bonds.